The molecule has 0 spiro atoms. The predicted octanol–water partition coefficient (Wildman–Crippen LogP) is 2.75. The molecule has 3 N–H and O–H groups in total. The maximum absolute atomic E-state index is 11.4. The van der Waals surface area contributed by atoms with Crippen LogP contribution in [-0.4, -0.2) is 50.1 Å². The van der Waals surface area contributed by atoms with Gasteiger partial charge in [-0.15, -0.1) is 24.0 Å². The molecule has 0 aliphatic heterocycles. The summed E-state index contributed by atoms with van der Waals surface area (Å²) in [5, 5.41) is 3.88. The third-order valence-corrected chi connectivity index (χ3v) is 3.75. The van der Waals surface area contributed by atoms with Gasteiger partial charge in [-0.2, -0.15) is 0 Å². The van der Waals surface area contributed by atoms with Crippen molar-refractivity contribution in [2.75, 3.05) is 33.3 Å². The number of benzene rings is 1. The number of nitrogens with two attached hydrogens (primary N) is 1. The molecule has 0 atom stereocenters. The van der Waals surface area contributed by atoms with Gasteiger partial charge in [0.1, 0.15) is 12.4 Å². The number of halogens is 2. The predicted molar refractivity (Wildman–Crippen MR) is 114 cm³/mol. The number of carbonyl (C=O) groups is 1. The number of rotatable bonds is 8. The Morgan fingerprint density at radius 3 is 2.48 bits per heavy atom. The third-order valence-electron chi connectivity index (χ3n) is 3.50. The Kier molecular flexibility index (Phi) is 10.8. The highest BCUT2D eigenvalue weighted by molar-refractivity contribution is 14.0. The van der Waals surface area contributed by atoms with Crippen LogP contribution in [0.5, 0.6) is 5.75 Å². The molecular weight excluding hydrogens is 455 g/mol. The van der Waals surface area contributed by atoms with Crippen molar-refractivity contribution in [2.24, 2.45) is 16.1 Å². The van der Waals surface area contributed by atoms with Crippen molar-refractivity contribution in [3.8, 4) is 5.75 Å². The molecular formula is C17H28ClIN4O2. The molecule has 0 heterocycles. The number of carbonyl (C=O) groups excluding carboxylic acids is 1. The van der Waals surface area contributed by atoms with Gasteiger partial charge in [-0.25, -0.2) is 0 Å². The number of primary amides is 1. The second kappa shape index (κ2) is 11.4. The van der Waals surface area contributed by atoms with E-state index >= 15 is 0 Å². The average Bonchev–Trinajstić information content (AvgIpc) is 2.53. The van der Waals surface area contributed by atoms with Gasteiger partial charge in [0.05, 0.1) is 18.5 Å². The van der Waals surface area contributed by atoms with Crippen molar-refractivity contribution in [3.05, 3.63) is 29.3 Å². The van der Waals surface area contributed by atoms with Crippen LogP contribution in [0.2, 0.25) is 5.02 Å². The molecule has 0 aliphatic carbocycles. The number of guanidine groups is 1. The quantitative estimate of drug-likeness (QED) is 0.339. The minimum absolute atomic E-state index is 0. The van der Waals surface area contributed by atoms with E-state index in [2.05, 4.69) is 10.3 Å². The Bertz CT molecular complexity index is 564. The van der Waals surface area contributed by atoms with Gasteiger partial charge < -0.3 is 20.7 Å². The third kappa shape index (κ3) is 8.62. The van der Waals surface area contributed by atoms with Gasteiger partial charge in [0.25, 0.3) is 0 Å². The average molecular weight is 483 g/mol. The maximum Gasteiger partial charge on any atom is 0.224 e. The summed E-state index contributed by atoms with van der Waals surface area (Å²) in [7, 11) is 1.92. The number of aliphatic imine (C=N–C) groups is 1. The minimum Gasteiger partial charge on any atom is -0.492 e. The highest BCUT2D eigenvalue weighted by Gasteiger charge is 2.24. The lowest BCUT2D eigenvalue weighted by Gasteiger charge is -2.24. The molecule has 1 amide bonds. The van der Waals surface area contributed by atoms with Crippen LogP contribution in [-0.2, 0) is 4.79 Å². The number of hydrogen-bond donors (Lipinski definition) is 2. The zero-order chi connectivity index (χ0) is 18.2. The van der Waals surface area contributed by atoms with Gasteiger partial charge in [0, 0.05) is 18.6 Å². The Balaban J connectivity index is 0.00000576. The molecule has 1 rings (SSSR count). The van der Waals surface area contributed by atoms with Gasteiger partial charge in [-0.1, -0.05) is 11.6 Å². The molecule has 8 heteroatoms. The van der Waals surface area contributed by atoms with Crippen LogP contribution < -0.4 is 15.8 Å². The first-order valence-electron chi connectivity index (χ1n) is 7.94. The number of hydrogen-bond acceptors (Lipinski definition) is 3. The largest absolute Gasteiger partial charge is 0.492 e. The van der Waals surface area contributed by atoms with E-state index in [1.54, 1.807) is 26.0 Å². The van der Waals surface area contributed by atoms with Crippen LogP contribution >= 0.6 is 35.6 Å². The van der Waals surface area contributed by atoms with Gasteiger partial charge in [0.15, 0.2) is 5.96 Å². The number of ether oxygens (including phenoxy) is 1. The van der Waals surface area contributed by atoms with Crippen LogP contribution in [0.4, 0.5) is 0 Å². The summed E-state index contributed by atoms with van der Waals surface area (Å²) >= 11 is 5.85. The topological polar surface area (TPSA) is 79.9 Å². The zero-order valence-corrected chi connectivity index (χ0v) is 18.3. The van der Waals surface area contributed by atoms with E-state index in [0.29, 0.717) is 30.7 Å². The molecule has 0 bridgehead atoms. The lowest BCUT2D eigenvalue weighted by molar-refractivity contribution is -0.125. The number of amides is 1. The van der Waals surface area contributed by atoms with Crippen LogP contribution in [0.3, 0.4) is 0 Å². The molecule has 0 radical (unpaired) electrons. The maximum atomic E-state index is 11.4. The van der Waals surface area contributed by atoms with Gasteiger partial charge in [0.2, 0.25) is 5.91 Å². The lowest BCUT2D eigenvalue weighted by atomic mass is 9.93. The first-order valence-corrected chi connectivity index (χ1v) is 8.32. The van der Waals surface area contributed by atoms with E-state index in [0.717, 1.165) is 12.3 Å². The van der Waals surface area contributed by atoms with Crippen molar-refractivity contribution < 1.29 is 9.53 Å². The molecule has 0 fully saturated rings. The Morgan fingerprint density at radius 1 is 1.36 bits per heavy atom. The van der Waals surface area contributed by atoms with Crippen LogP contribution in [0.1, 0.15) is 20.8 Å². The summed E-state index contributed by atoms with van der Waals surface area (Å²) in [6.07, 6.45) is 0. The standard InChI is InChI=1S/C17H27ClN4O2.HI/c1-5-20-16(21-12-17(2,3)15(19)23)22(4)10-11-24-14-8-6-13(18)7-9-14;/h6-9H,5,10-12H2,1-4H3,(H2,19,23)(H,20,21);1H. The lowest BCUT2D eigenvalue weighted by Crippen LogP contribution is -2.42. The molecule has 1 aromatic rings. The molecule has 25 heavy (non-hydrogen) atoms. The summed E-state index contributed by atoms with van der Waals surface area (Å²) in [4.78, 5) is 17.9. The van der Waals surface area contributed by atoms with E-state index in [1.165, 1.54) is 0 Å². The Morgan fingerprint density at radius 2 is 1.96 bits per heavy atom. The van der Waals surface area contributed by atoms with Crippen LogP contribution in [0.15, 0.2) is 29.3 Å². The summed E-state index contributed by atoms with van der Waals surface area (Å²) in [6.45, 7) is 7.77. The first kappa shape index (κ1) is 23.8. The fourth-order valence-corrected chi connectivity index (χ4v) is 1.88. The molecule has 0 saturated heterocycles. The van der Waals surface area contributed by atoms with Gasteiger partial charge in [-0.3, -0.25) is 9.79 Å². The Labute approximate surface area is 172 Å². The Hall–Kier alpha value is -1.22. The highest BCUT2D eigenvalue weighted by atomic mass is 127. The first-order chi connectivity index (χ1) is 11.3. The second-order valence-corrected chi connectivity index (χ2v) is 6.58. The van der Waals surface area contributed by atoms with E-state index in [1.807, 2.05) is 31.0 Å². The molecule has 0 aromatic heterocycles. The monoisotopic (exact) mass is 482 g/mol. The zero-order valence-electron chi connectivity index (χ0n) is 15.2. The van der Waals surface area contributed by atoms with Crippen molar-refractivity contribution in [2.45, 2.75) is 20.8 Å². The number of nitrogens with zero attached hydrogens (tertiary/aromatic N) is 2. The van der Waals surface area contributed by atoms with E-state index in [-0.39, 0.29) is 29.9 Å². The molecule has 0 unspecified atom stereocenters. The fourth-order valence-electron chi connectivity index (χ4n) is 1.76. The van der Waals surface area contributed by atoms with Crippen molar-refractivity contribution in [3.63, 3.8) is 0 Å². The van der Waals surface area contributed by atoms with Crippen molar-refractivity contribution in [1.29, 1.82) is 0 Å². The van der Waals surface area contributed by atoms with E-state index in [4.69, 9.17) is 22.1 Å². The van der Waals surface area contributed by atoms with Crippen LogP contribution in [0.25, 0.3) is 0 Å². The fraction of sp³-hybridized carbons (Fsp3) is 0.529. The van der Waals surface area contributed by atoms with Crippen LogP contribution in [0, 0.1) is 5.41 Å². The highest BCUT2D eigenvalue weighted by Crippen LogP contribution is 2.16. The van der Waals surface area contributed by atoms with E-state index in [9.17, 15) is 4.79 Å². The summed E-state index contributed by atoms with van der Waals surface area (Å²) in [6, 6.07) is 7.24. The molecule has 0 aliphatic rings. The molecule has 1 aromatic carbocycles. The van der Waals surface area contributed by atoms with Crippen molar-refractivity contribution >= 4 is 47.4 Å². The van der Waals surface area contributed by atoms with E-state index < -0.39 is 5.41 Å². The molecule has 6 nitrogen and oxygen atoms in total. The number of likely N-dealkylation sites (N-methyl/N-ethyl adjacent to an activating group) is 1. The minimum atomic E-state index is -0.679. The molecule has 0 saturated carbocycles. The number of nitrogens with one attached hydrogen (secondary N) is 1. The second-order valence-electron chi connectivity index (χ2n) is 6.14. The summed E-state index contributed by atoms with van der Waals surface area (Å²) in [5.74, 6) is 1.12. The molecule has 142 valence electrons. The van der Waals surface area contributed by atoms with Crippen molar-refractivity contribution in [1.82, 2.24) is 10.2 Å². The SMILES string of the molecule is CCNC(=NCC(C)(C)C(N)=O)N(C)CCOc1ccc(Cl)cc1.I. The van der Waals surface area contributed by atoms with Gasteiger partial charge >= 0.3 is 0 Å². The normalized spacial score (nSPS) is 11.5. The summed E-state index contributed by atoms with van der Waals surface area (Å²) < 4.78 is 5.69. The van der Waals surface area contributed by atoms with Gasteiger partial charge in [-0.05, 0) is 45.0 Å². The smallest absolute Gasteiger partial charge is 0.224 e. The summed E-state index contributed by atoms with van der Waals surface area (Å²) in [5.41, 5.74) is 4.71.